The Bertz CT molecular complexity index is 438. The monoisotopic (exact) mass is 247 g/mol. The summed E-state index contributed by atoms with van der Waals surface area (Å²) in [5.74, 6) is 0.203. The first-order valence-electron chi connectivity index (χ1n) is 6.05. The lowest BCUT2D eigenvalue weighted by atomic mass is 10.2. The van der Waals surface area contributed by atoms with E-state index in [1.807, 2.05) is 0 Å². The van der Waals surface area contributed by atoms with Gasteiger partial charge in [0.2, 0.25) is 11.8 Å². The molecule has 1 saturated carbocycles. The zero-order valence-electron chi connectivity index (χ0n) is 10.1. The molecule has 0 aromatic heterocycles. The van der Waals surface area contributed by atoms with Crippen LogP contribution >= 0.6 is 0 Å². The Morgan fingerprint density at radius 3 is 2.44 bits per heavy atom. The highest BCUT2D eigenvalue weighted by Crippen LogP contribution is 2.27. The Balaban J connectivity index is 1.76. The maximum atomic E-state index is 11.6. The molecule has 0 aliphatic heterocycles. The molecule has 5 heteroatoms. The first kappa shape index (κ1) is 12.6. The fraction of sp³-hybridized carbons (Fsp3) is 0.385. The molecule has 0 unspecified atom stereocenters. The number of anilines is 1. The molecular weight excluding hydrogens is 230 g/mol. The van der Waals surface area contributed by atoms with E-state index in [-0.39, 0.29) is 5.91 Å². The summed E-state index contributed by atoms with van der Waals surface area (Å²) < 4.78 is 0. The third kappa shape index (κ3) is 3.85. The fourth-order valence-electron chi connectivity index (χ4n) is 1.63. The molecule has 0 spiro atoms. The van der Waals surface area contributed by atoms with Gasteiger partial charge in [0.05, 0.1) is 6.54 Å². The van der Waals surface area contributed by atoms with Crippen LogP contribution in [0.25, 0.3) is 0 Å². The lowest BCUT2D eigenvalue weighted by Crippen LogP contribution is -2.29. The van der Waals surface area contributed by atoms with Crippen LogP contribution < -0.4 is 16.4 Å². The van der Waals surface area contributed by atoms with Crippen LogP contribution in [0.3, 0.4) is 0 Å². The Kier molecular flexibility index (Phi) is 3.94. The van der Waals surface area contributed by atoms with E-state index < -0.39 is 5.91 Å². The second-order valence-corrected chi connectivity index (χ2v) is 4.56. The zero-order valence-corrected chi connectivity index (χ0v) is 10.1. The molecule has 4 N–H and O–H groups in total. The maximum absolute atomic E-state index is 11.6. The quantitative estimate of drug-likeness (QED) is 0.692. The minimum absolute atomic E-state index is 0.0810. The van der Waals surface area contributed by atoms with E-state index in [4.69, 9.17) is 5.73 Å². The SMILES string of the molecule is NC(=O)c1ccc(NC(=O)CNCC2CC2)cc1. The lowest BCUT2D eigenvalue weighted by molar-refractivity contribution is -0.115. The van der Waals surface area contributed by atoms with E-state index in [1.165, 1.54) is 12.8 Å². The van der Waals surface area contributed by atoms with Gasteiger partial charge in [-0.25, -0.2) is 0 Å². The van der Waals surface area contributed by atoms with Crippen LogP contribution in [-0.4, -0.2) is 24.9 Å². The molecule has 18 heavy (non-hydrogen) atoms. The van der Waals surface area contributed by atoms with Crippen molar-refractivity contribution in [1.82, 2.24) is 5.32 Å². The number of rotatable bonds is 6. The topological polar surface area (TPSA) is 84.2 Å². The summed E-state index contributed by atoms with van der Waals surface area (Å²) in [4.78, 5) is 22.4. The van der Waals surface area contributed by atoms with Gasteiger partial charge in [-0.3, -0.25) is 9.59 Å². The zero-order chi connectivity index (χ0) is 13.0. The van der Waals surface area contributed by atoms with Crippen molar-refractivity contribution in [3.63, 3.8) is 0 Å². The van der Waals surface area contributed by atoms with Crippen LogP contribution in [0.2, 0.25) is 0 Å². The van der Waals surface area contributed by atoms with Gasteiger partial charge < -0.3 is 16.4 Å². The van der Waals surface area contributed by atoms with Crippen LogP contribution in [0.4, 0.5) is 5.69 Å². The van der Waals surface area contributed by atoms with Gasteiger partial charge in [0, 0.05) is 11.3 Å². The Morgan fingerprint density at radius 2 is 1.89 bits per heavy atom. The van der Waals surface area contributed by atoms with E-state index in [9.17, 15) is 9.59 Å². The number of hydrogen-bond acceptors (Lipinski definition) is 3. The van der Waals surface area contributed by atoms with Crippen LogP contribution in [0.1, 0.15) is 23.2 Å². The van der Waals surface area contributed by atoms with E-state index in [2.05, 4.69) is 10.6 Å². The minimum atomic E-state index is -0.473. The van der Waals surface area contributed by atoms with Crippen molar-refractivity contribution in [2.24, 2.45) is 11.7 Å². The summed E-state index contributed by atoms with van der Waals surface area (Å²) in [6, 6.07) is 6.52. The molecule has 1 aromatic rings. The average Bonchev–Trinajstić information content (AvgIpc) is 3.13. The Hall–Kier alpha value is -1.88. The van der Waals surface area contributed by atoms with Gasteiger partial charge in [0.1, 0.15) is 0 Å². The molecule has 1 aromatic carbocycles. The summed E-state index contributed by atoms with van der Waals surface area (Å²) >= 11 is 0. The van der Waals surface area contributed by atoms with Crippen molar-refractivity contribution in [3.8, 4) is 0 Å². The molecular formula is C13H17N3O2. The fourth-order valence-corrected chi connectivity index (χ4v) is 1.63. The molecule has 0 radical (unpaired) electrons. The van der Waals surface area contributed by atoms with Crippen molar-refractivity contribution in [1.29, 1.82) is 0 Å². The number of carbonyl (C=O) groups is 2. The highest BCUT2D eigenvalue weighted by atomic mass is 16.2. The second-order valence-electron chi connectivity index (χ2n) is 4.56. The van der Waals surface area contributed by atoms with Gasteiger partial charge in [-0.05, 0) is 49.6 Å². The van der Waals surface area contributed by atoms with Crippen LogP contribution in [0.5, 0.6) is 0 Å². The summed E-state index contributed by atoms with van der Waals surface area (Å²) in [6.45, 7) is 1.22. The number of hydrogen-bond donors (Lipinski definition) is 3. The van der Waals surface area contributed by atoms with Crippen LogP contribution in [-0.2, 0) is 4.79 Å². The van der Waals surface area contributed by atoms with Gasteiger partial charge in [-0.2, -0.15) is 0 Å². The van der Waals surface area contributed by atoms with Crippen molar-refractivity contribution < 1.29 is 9.59 Å². The standard InChI is InChI=1S/C13H17N3O2/c14-13(18)10-3-5-11(6-4-10)16-12(17)8-15-7-9-1-2-9/h3-6,9,15H,1-2,7-8H2,(H2,14,18)(H,16,17). The molecule has 2 rings (SSSR count). The van der Waals surface area contributed by atoms with Crippen molar-refractivity contribution in [2.75, 3.05) is 18.4 Å². The molecule has 1 aliphatic rings. The number of primary amides is 1. The third-order valence-electron chi connectivity index (χ3n) is 2.87. The van der Waals surface area contributed by atoms with Crippen molar-refractivity contribution >= 4 is 17.5 Å². The minimum Gasteiger partial charge on any atom is -0.366 e. The van der Waals surface area contributed by atoms with E-state index in [0.29, 0.717) is 17.8 Å². The van der Waals surface area contributed by atoms with Crippen LogP contribution in [0, 0.1) is 5.92 Å². The van der Waals surface area contributed by atoms with Gasteiger partial charge in [0.15, 0.2) is 0 Å². The summed E-state index contributed by atoms with van der Waals surface area (Å²) in [7, 11) is 0. The smallest absolute Gasteiger partial charge is 0.248 e. The highest BCUT2D eigenvalue weighted by molar-refractivity contribution is 5.95. The Morgan fingerprint density at radius 1 is 1.22 bits per heavy atom. The summed E-state index contributed by atoms with van der Waals surface area (Å²) in [5.41, 5.74) is 6.22. The van der Waals surface area contributed by atoms with Gasteiger partial charge in [-0.15, -0.1) is 0 Å². The predicted molar refractivity (Wildman–Crippen MR) is 69.2 cm³/mol. The van der Waals surface area contributed by atoms with Gasteiger partial charge in [0.25, 0.3) is 0 Å². The summed E-state index contributed by atoms with van der Waals surface area (Å²) in [6.07, 6.45) is 2.53. The van der Waals surface area contributed by atoms with Crippen LogP contribution in [0.15, 0.2) is 24.3 Å². The molecule has 1 fully saturated rings. The van der Waals surface area contributed by atoms with E-state index in [1.54, 1.807) is 24.3 Å². The highest BCUT2D eigenvalue weighted by Gasteiger charge is 2.20. The number of benzene rings is 1. The van der Waals surface area contributed by atoms with Gasteiger partial charge in [-0.1, -0.05) is 0 Å². The molecule has 0 saturated heterocycles. The molecule has 1 aliphatic carbocycles. The molecule has 96 valence electrons. The molecule has 0 bridgehead atoms. The van der Waals surface area contributed by atoms with E-state index in [0.717, 1.165) is 12.5 Å². The van der Waals surface area contributed by atoms with Crippen molar-refractivity contribution in [3.05, 3.63) is 29.8 Å². The molecule has 2 amide bonds. The first-order chi connectivity index (χ1) is 8.65. The predicted octanol–water partition coefficient (Wildman–Crippen LogP) is 0.724. The normalized spacial score (nSPS) is 14.2. The largest absolute Gasteiger partial charge is 0.366 e. The third-order valence-corrected chi connectivity index (χ3v) is 2.87. The number of nitrogens with two attached hydrogens (primary N) is 1. The second kappa shape index (κ2) is 5.64. The molecule has 0 heterocycles. The summed E-state index contributed by atoms with van der Waals surface area (Å²) in [5, 5.41) is 5.86. The molecule has 5 nitrogen and oxygen atoms in total. The lowest BCUT2D eigenvalue weighted by Gasteiger charge is -2.06. The van der Waals surface area contributed by atoms with Gasteiger partial charge >= 0.3 is 0 Å². The first-order valence-corrected chi connectivity index (χ1v) is 6.05. The Labute approximate surface area is 106 Å². The average molecular weight is 247 g/mol. The van der Waals surface area contributed by atoms with E-state index >= 15 is 0 Å². The number of carbonyl (C=O) groups excluding carboxylic acids is 2. The molecule has 0 atom stereocenters. The number of amides is 2. The van der Waals surface area contributed by atoms with Crippen molar-refractivity contribution in [2.45, 2.75) is 12.8 Å². The number of nitrogens with one attached hydrogen (secondary N) is 2. The maximum Gasteiger partial charge on any atom is 0.248 e.